The van der Waals surface area contributed by atoms with Crippen molar-refractivity contribution in [3.63, 3.8) is 0 Å². The SMILES string of the molecule is COC(=O)CNC(=O)C(c1ccccc1)N(C(=O)C(CC(N)=O)NC(=O)OC(C)(C)C)C(C)CCC(C)C. The number of rotatable bonds is 13. The molecule has 1 aromatic rings. The monoisotopic (exact) mass is 534 g/mol. The molecule has 0 aliphatic heterocycles. The molecule has 0 saturated carbocycles. The highest BCUT2D eigenvalue weighted by molar-refractivity contribution is 5.95. The quantitative estimate of drug-likeness (QED) is 0.328. The first kappa shape index (κ1) is 32.4. The van der Waals surface area contributed by atoms with Crippen LogP contribution in [0, 0.1) is 5.92 Å². The Labute approximate surface area is 224 Å². The number of nitrogens with two attached hydrogens (primary N) is 1. The predicted octanol–water partition coefficient (Wildman–Crippen LogP) is 2.44. The van der Waals surface area contributed by atoms with Crippen LogP contribution in [0.2, 0.25) is 0 Å². The van der Waals surface area contributed by atoms with Gasteiger partial charge in [0.05, 0.1) is 13.5 Å². The molecule has 0 spiro atoms. The van der Waals surface area contributed by atoms with Crippen LogP contribution in [0.4, 0.5) is 4.79 Å². The van der Waals surface area contributed by atoms with E-state index in [1.54, 1.807) is 58.0 Å². The molecule has 0 heterocycles. The molecule has 0 aliphatic rings. The molecule has 0 bridgehead atoms. The zero-order chi connectivity index (χ0) is 29.0. The van der Waals surface area contributed by atoms with Gasteiger partial charge in [-0.15, -0.1) is 0 Å². The number of methoxy groups -OCH3 is 1. The Balaban J connectivity index is 3.56. The lowest BCUT2D eigenvalue weighted by Gasteiger charge is -2.38. The highest BCUT2D eigenvalue weighted by atomic mass is 16.6. The zero-order valence-corrected chi connectivity index (χ0v) is 23.4. The first-order valence-corrected chi connectivity index (χ1v) is 12.7. The molecular weight excluding hydrogens is 492 g/mol. The average molecular weight is 535 g/mol. The minimum atomic E-state index is -1.39. The lowest BCUT2D eigenvalue weighted by molar-refractivity contribution is -0.147. The summed E-state index contributed by atoms with van der Waals surface area (Å²) in [4.78, 5) is 65.1. The number of amides is 4. The summed E-state index contributed by atoms with van der Waals surface area (Å²) in [6, 6.07) is 5.52. The molecule has 11 nitrogen and oxygen atoms in total. The molecular formula is C27H42N4O7. The van der Waals surface area contributed by atoms with Crippen molar-refractivity contribution < 1.29 is 33.4 Å². The van der Waals surface area contributed by atoms with Crippen LogP contribution in [0.25, 0.3) is 0 Å². The number of hydrogen-bond acceptors (Lipinski definition) is 7. The summed E-state index contributed by atoms with van der Waals surface area (Å²) in [5.41, 5.74) is 5.05. The van der Waals surface area contributed by atoms with E-state index in [-0.39, 0.29) is 0 Å². The number of hydrogen-bond donors (Lipinski definition) is 3. The summed E-state index contributed by atoms with van der Waals surface area (Å²) in [5, 5.41) is 4.98. The van der Waals surface area contributed by atoms with Gasteiger partial charge in [-0.05, 0) is 52.0 Å². The van der Waals surface area contributed by atoms with Gasteiger partial charge in [-0.2, -0.15) is 0 Å². The smallest absolute Gasteiger partial charge is 0.408 e. The first-order chi connectivity index (χ1) is 17.7. The van der Waals surface area contributed by atoms with E-state index >= 15 is 0 Å². The molecule has 0 saturated heterocycles. The molecule has 1 aromatic carbocycles. The second-order valence-corrected chi connectivity index (χ2v) is 10.5. The Morgan fingerprint density at radius 1 is 1.00 bits per heavy atom. The van der Waals surface area contributed by atoms with Crippen molar-refractivity contribution in [3.8, 4) is 0 Å². The number of nitrogens with zero attached hydrogens (tertiary/aromatic N) is 1. The van der Waals surface area contributed by atoms with E-state index < -0.39 is 66.5 Å². The maximum atomic E-state index is 14.1. The summed E-state index contributed by atoms with van der Waals surface area (Å²) in [6.45, 7) is 10.5. The molecule has 212 valence electrons. The second-order valence-electron chi connectivity index (χ2n) is 10.5. The van der Waals surface area contributed by atoms with Gasteiger partial charge in [0.25, 0.3) is 0 Å². The molecule has 0 aliphatic carbocycles. The van der Waals surface area contributed by atoms with E-state index in [2.05, 4.69) is 15.4 Å². The van der Waals surface area contributed by atoms with Crippen molar-refractivity contribution in [1.82, 2.24) is 15.5 Å². The standard InChI is InChI=1S/C27H42N4O7/c1-17(2)13-14-18(3)31(25(35)20(15-21(28)32)30-26(36)38-27(4,5)6)23(19-11-9-8-10-12-19)24(34)29-16-22(33)37-7/h8-12,17-18,20,23H,13-16H2,1-7H3,(H2,28,32)(H,29,34)(H,30,36). The van der Waals surface area contributed by atoms with Crippen molar-refractivity contribution in [1.29, 1.82) is 0 Å². The third kappa shape index (κ3) is 11.2. The molecule has 11 heteroatoms. The maximum Gasteiger partial charge on any atom is 0.408 e. The normalized spacial score (nSPS) is 13.6. The number of esters is 1. The Hall–Kier alpha value is -3.63. The van der Waals surface area contributed by atoms with Gasteiger partial charge in [-0.3, -0.25) is 19.2 Å². The van der Waals surface area contributed by atoms with E-state index in [1.165, 1.54) is 12.0 Å². The first-order valence-electron chi connectivity index (χ1n) is 12.7. The Bertz CT molecular complexity index is 960. The average Bonchev–Trinajstić information content (AvgIpc) is 2.82. The zero-order valence-electron chi connectivity index (χ0n) is 23.4. The minimum absolute atomic E-state index is 0.319. The van der Waals surface area contributed by atoms with Crippen molar-refractivity contribution in [2.24, 2.45) is 11.7 Å². The number of benzene rings is 1. The van der Waals surface area contributed by atoms with Gasteiger partial charge in [-0.25, -0.2) is 4.79 Å². The summed E-state index contributed by atoms with van der Waals surface area (Å²) in [7, 11) is 1.20. The van der Waals surface area contributed by atoms with Gasteiger partial charge in [0.1, 0.15) is 24.2 Å². The number of carbonyl (C=O) groups is 5. The van der Waals surface area contributed by atoms with Gasteiger partial charge in [0.15, 0.2) is 0 Å². The summed E-state index contributed by atoms with van der Waals surface area (Å²) < 4.78 is 9.91. The molecule has 3 atom stereocenters. The van der Waals surface area contributed by atoms with Gasteiger partial charge in [-0.1, -0.05) is 44.2 Å². The molecule has 3 unspecified atom stereocenters. The predicted molar refractivity (Wildman–Crippen MR) is 142 cm³/mol. The second kappa shape index (κ2) is 14.9. The number of carbonyl (C=O) groups excluding carboxylic acids is 5. The number of ether oxygens (including phenoxy) is 2. The van der Waals surface area contributed by atoms with Crippen molar-refractivity contribution in [3.05, 3.63) is 35.9 Å². The summed E-state index contributed by atoms with van der Waals surface area (Å²) in [6.07, 6.45) is -0.127. The topological polar surface area (TPSA) is 157 Å². The third-order valence-electron chi connectivity index (χ3n) is 5.56. The largest absolute Gasteiger partial charge is 0.468 e. The van der Waals surface area contributed by atoms with Gasteiger partial charge < -0.3 is 30.7 Å². The summed E-state index contributed by atoms with van der Waals surface area (Å²) >= 11 is 0. The maximum absolute atomic E-state index is 14.1. The molecule has 4 N–H and O–H groups in total. The third-order valence-corrected chi connectivity index (χ3v) is 5.56. The molecule has 1 rings (SSSR count). The summed E-state index contributed by atoms with van der Waals surface area (Å²) in [5.74, 6) is -2.47. The van der Waals surface area contributed by atoms with Crippen LogP contribution in [-0.4, -0.2) is 66.0 Å². The van der Waals surface area contributed by atoms with E-state index in [0.29, 0.717) is 17.9 Å². The highest BCUT2D eigenvalue weighted by Gasteiger charge is 2.39. The van der Waals surface area contributed by atoms with Gasteiger partial charge in [0.2, 0.25) is 17.7 Å². The van der Waals surface area contributed by atoms with Crippen LogP contribution < -0.4 is 16.4 Å². The lowest BCUT2D eigenvalue weighted by atomic mass is 9.96. The number of primary amides is 1. The molecule has 4 amide bonds. The van der Waals surface area contributed by atoms with E-state index in [4.69, 9.17) is 10.5 Å². The minimum Gasteiger partial charge on any atom is -0.468 e. The van der Waals surface area contributed by atoms with Crippen molar-refractivity contribution in [2.45, 2.75) is 84.5 Å². The van der Waals surface area contributed by atoms with Crippen LogP contribution in [0.15, 0.2) is 30.3 Å². The lowest BCUT2D eigenvalue weighted by Crippen LogP contribution is -2.56. The van der Waals surface area contributed by atoms with Gasteiger partial charge >= 0.3 is 12.1 Å². The number of nitrogens with one attached hydrogen (secondary N) is 2. The van der Waals surface area contributed by atoms with E-state index in [0.717, 1.165) is 6.42 Å². The van der Waals surface area contributed by atoms with Crippen molar-refractivity contribution >= 4 is 29.8 Å². The Morgan fingerprint density at radius 2 is 1.61 bits per heavy atom. The van der Waals surface area contributed by atoms with Crippen LogP contribution >= 0.6 is 0 Å². The molecule has 0 radical (unpaired) electrons. The Morgan fingerprint density at radius 3 is 2.11 bits per heavy atom. The molecule has 0 fully saturated rings. The van der Waals surface area contributed by atoms with Crippen LogP contribution in [0.1, 0.15) is 72.4 Å². The fourth-order valence-corrected chi connectivity index (χ4v) is 3.75. The molecule has 38 heavy (non-hydrogen) atoms. The van der Waals surface area contributed by atoms with Gasteiger partial charge in [0, 0.05) is 6.04 Å². The van der Waals surface area contributed by atoms with Crippen LogP contribution in [0.5, 0.6) is 0 Å². The highest BCUT2D eigenvalue weighted by Crippen LogP contribution is 2.27. The number of alkyl carbamates (subject to hydrolysis) is 1. The van der Waals surface area contributed by atoms with Crippen LogP contribution in [0.3, 0.4) is 0 Å². The van der Waals surface area contributed by atoms with Crippen molar-refractivity contribution in [2.75, 3.05) is 13.7 Å². The Kier molecular flexibility index (Phi) is 12.7. The molecule has 0 aromatic heterocycles. The van der Waals surface area contributed by atoms with E-state index in [1.807, 2.05) is 13.8 Å². The fourth-order valence-electron chi connectivity index (χ4n) is 3.75. The van der Waals surface area contributed by atoms with E-state index in [9.17, 15) is 24.0 Å². The fraction of sp³-hybridized carbons (Fsp3) is 0.593. The van der Waals surface area contributed by atoms with Crippen LogP contribution in [-0.2, 0) is 28.7 Å².